The number of piperidine rings is 1. The van der Waals surface area contributed by atoms with Crippen LogP contribution in [0.3, 0.4) is 0 Å². The standard InChI is InChI=1S/C14H21N3O.2ClH/c1-16(2)13-6-8-17(9-7-13)14(18)11-4-3-5-12(15)10-11;;/h3-5,10,13H,6-9,15H2,1-2H3;2*1H. The van der Waals surface area contributed by atoms with Gasteiger partial charge in [0.1, 0.15) is 0 Å². The van der Waals surface area contributed by atoms with Gasteiger partial charge in [0.05, 0.1) is 0 Å². The molecule has 1 saturated heterocycles. The van der Waals surface area contributed by atoms with Crippen molar-refractivity contribution in [3.63, 3.8) is 0 Å². The predicted octanol–water partition coefficient (Wildman–Crippen LogP) is 2.28. The van der Waals surface area contributed by atoms with Crippen LogP contribution in [0.5, 0.6) is 0 Å². The van der Waals surface area contributed by atoms with Crippen LogP contribution in [-0.2, 0) is 0 Å². The number of likely N-dealkylation sites (tertiary alicyclic amines) is 1. The molecule has 0 bridgehead atoms. The number of benzene rings is 1. The molecule has 20 heavy (non-hydrogen) atoms. The minimum absolute atomic E-state index is 0. The van der Waals surface area contributed by atoms with Gasteiger partial charge in [0, 0.05) is 30.4 Å². The third kappa shape index (κ3) is 4.54. The van der Waals surface area contributed by atoms with Crippen LogP contribution in [0.25, 0.3) is 0 Å². The van der Waals surface area contributed by atoms with Crippen LogP contribution in [0.4, 0.5) is 5.69 Å². The Hall–Kier alpha value is -0.970. The van der Waals surface area contributed by atoms with E-state index in [-0.39, 0.29) is 30.7 Å². The van der Waals surface area contributed by atoms with E-state index in [1.54, 1.807) is 12.1 Å². The van der Waals surface area contributed by atoms with Crippen molar-refractivity contribution < 1.29 is 4.79 Å². The molecule has 1 amide bonds. The molecule has 2 rings (SSSR count). The van der Waals surface area contributed by atoms with Gasteiger partial charge in [0.15, 0.2) is 0 Å². The molecule has 114 valence electrons. The average Bonchev–Trinajstić information content (AvgIpc) is 2.38. The highest BCUT2D eigenvalue weighted by Gasteiger charge is 2.24. The molecule has 0 radical (unpaired) electrons. The highest BCUT2D eigenvalue weighted by Crippen LogP contribution is 2.17. The molecule has 1 aliphatic heterocycles. The number of hydrogen-bond donors (Lipinski definition) is 1. The van der Waals surface area contributed by atoms with Crippen LogP contribution in [0.15, 0.2) is 24.3 Å². The zero-order valence-corrected chi connectivity index (χ0v) is 13.5. The summed E-state index contributed by atoms with van der Waals surface area (Å²) in [6, 6.07) is 7.80. The number of carbonyl (C=O) groups is 1. The van der Waals surface area contributed by atoms with Crippen LogP contribution < -0.4 is 5.73 Å². The fraction of sp³-hybridized carbons (Fsp3) is 0.500. The molecular formula is C14H23Cl2N3O. The van der Waals surface area contributed by atoms with Crippen LogP contribution in [0.2, 0.25) is 0 Å². The lowest BCUT2D eigenvalue weighted by molar-refractivity contribution is 0.0663. The van der Waals surface area contributed by atoms with Gasteiger partial charge in [-0.3, -0.25) is 4.79 Å². The molecule has 1 fully saturated rings. The number of nitrogens with two attached hydrogens (primary N) is 1. The molecule has 6 heteroatoms. The number of carbonyl (C=O) groups excluding carboxylic acids is 1. The molecule has 1 aliphatic rings. The van der Waals surface area contributed by atoms with Gasteiger partial charge in [-0.15, -0.1) is 24.8 Å². The van der Waals surface area contributed by atoms with E-state index in [4.69, 9.17) is 5.73 Å². The van der Waals surface area contributed by atoms with Crippen LogP contribution >= 0.6 is 24.8 Å². The number of nitrogen functional groups attached to an aromatic ring is 1. The van der Waals surface area contributed by atoms with Crippen molar-refractivity contribution in [2.45, 2.75) is 18.9 Å². The SMILES string of the molecule is CN(C)C1CCN(C(=O)c2cccc(N)c2)CC1.Cl.Cl. The molecule has 2 N–H and O–H groups in total. The Labute approximate surface area is 133 Å². The predicted molar refractivity (Wildman–Crippen MR) is 88.0 cm³/mol. The van der Waals surface area contributed by atoms with E-state index in [1.807, 2.05) is 17.0 Å². The maximum Gasteiger partial charge on any atom is 0.253 e. The fourth-order valence-electron chi connectivity index (χ4n) is 2.44. The van der Waals surface area contributed by atoms with Gasteiger partial charge in [-0.25, -0.2) is 0 Å². The Morgan fingerprint density at radius 2 is 1.85 bits per heavy atom. The number of halogens is 2. The first kappa shape index (κ1) is 19.0. The first-order valence-corrected chi connectivity index (χ1v) is 6.39. The van der Waals surface area contributed by atoms with E-state index >= 15 is 0 Å². The van der Waals surface area contributed by atoms with Crippen molar-refractivity contribution >= 4 is 36.4 Å². The average molecular weight is 320 g/mol. The first-order chi connectivity index (χ1) is 8.58. The Morgan fingerprint density at radius 1 is 1.25 bits per heavy atom. The molecule has 4 nitrogen and oxygen atoms in total. The second-order valence-electron chi connectivity index (χ2n) is 5.11. The van der Waals surface area contributed by atoms with Crippen LogP contribution in [0.1, 0.15) is 23.2 Å². The van der Waals surface area contributed by atoms with Crippen molar-refractivity contribution in [3.8, 4) is 0 Å². The number of hydrogen-bond acceptors (Lipinski definition) is 3. The van der Waals surface area contributed by atoms with Gasteiger partial charge in [0.2, 0.25) is 0 Å². The van der Waals surface area contributed by atoms with E-state index in [9.17, 15) is 4.79 Å². The number of nitrogens with zero attached hydrogens (tertiary/aromatic N) is 2. The minimum Gasteiger partial charge on any atom is -0.399 e. The molecule has 0 atom stereocenters. The summed E-state index contributed by atoms with van der Waals surface area (Å²) in [7, 11) is 4.19. The number of anilines is 1. The largest absolute Gasteiger partial charge is 0.399 e. The summed E-state index contributed by atoms with van der Waals surface area (Å²) in [4.78, 5) is 16.4. The molecule has 0 saturated carbocycles. The quantitative estimate of drug-likeness (QED) is 0.851. The zero-order valence-electron chi connectivity index (χ0n) is 11.9. The van der Waals surface area contributed by atoms with Gasteiger partial charge >= 0.3 is 0 Å². The second-order valence-corrected chi connectivity index (χ2v) is 5.11. The van der Waals surface area contributed by atoms with E-state index in [2.05, 4.69) is 19.0 Å². The maximum absolute atomic E-state index is 12.3. The lowest BCUT2D eigenvalue weighted by atomic mass is 10.0. The Bertz CT molecular complexity index is 432. The van der Waals surface area contributed by atoms with Crippen LogP contribution in [0, 0.1) is 0 Å². The Balaban J connectivity index is 0.00000180. The Kier molecular flexibility index (Phi) is 7.94. The molecule has 0 aromatic heterocycles. The summed E-state index contributed by atoms with van der Waals surface area (Å²) in [6.45, 7) is 1.66. The van der Waals surface area contributed by atoms with E-state index < -0.39 is 0 Å². The van der Waals surface area contributed by atoms with Crippen molar-refractivity contribution in [2.24, 2.45) is 0 Å². The number of rotatable bonds is 2. The van der Waals surface area contributed by atoms with E-state index in [1.165, 1.54) is 0 Å². The highest BCUT2D eigenvalue weighted by atomic mass is 35.5. The molecule has 0 spiro atoms. The summed E-state index contributed by atoms with van der Waals surface area (Å²) in [5.41, 5.74) is 7.05. The van der Waals surface area contributed by atoms with E-state index in [0.29, 0.717) is 17.3 Å². The topological polar surface area (TPSA) is 49.6 Å². The van der Waals surface area contributed by atoms with Gasteiger partial charge in [-0.1, -0.05) is 6.07 Å². The smallest absolute Gasteiger partial charge is 0.253 e. The lowest BCUT2D eigenvalue weighted by Gasteiger charge is -2.35. The summed E-state index contributed by atoms with van der Waals surface area (Å²) in [5, 5.41) is 0. The summed E-state index contributed by atoms with van der Waals surface area (Å²) >= 11 is 0. The van der Waals surface area contributed by atoms with Gasteiger partial charge in [-0.05, 0) is 45.1 Å². The molecule has 1 aromatic rings. The summed E-state index contributed by atoms with van der Waals surface area (Å²) < 4.78 is 0. The third-order valence-electron chi connectivity index (χ3n) is 3.62. The van der Waals surface area contributed by atoms with Crippen molar-refractivity contribution in [2.75, 3.05) is 32.9 Å². The Morgan fingerprint density at radius 3 is 2.35 bits per heavy atom. The molecule has 0 unspecified atom stereocenters. The van der Waals surface area contributed by atoms with Gasteiger partial charge in [-0.2, -0.15) is 0 Å². The van der Waals surface area contributed by atoms with E-state index in [0.717, 1.165) is 25.9 Å². The second kappa shape index (κ2) is 8.35. The molecule has 1 heterocycles. The van der Waals surface area contributed by atoms with Gasteiger partial charge < -0.3 is 15.5 Å². The van der Waals surface area contributed by atoms with Crippen LogP contribution in [-0.4, -0.2) is 48.9 Å². The molecule has 1 aromatic carbocycles. The third-order valence-corrected chi connectivity index (χ3v) is 3.62. The van der Waals surface area contributed by atoms with Crippen molar-refractivity contribution in [1.82, 2.24) is 9.80 Å². The summed E-state index contributed by atoms with van der Waals surface area (Å²) in [6.07, 6.45) is 2.09. The number of amides is 1. The summed E-state index contributed by atoms with van der Waals surface area (Å²) in [5.74, 6) is 0.0968. The fourth-order valence-corrected chi connectivity index (χ4v) is 2.44. The molecule has 0 aliphatic carbocycles. The minimum atomic E-state index is 0. The lowest BCUT2D eigenvalue weighted by Crippen LogP contribution is -2.44. The first-order valence-electron chi connectivity index (χ1n) is 6.39. The zero-order chi connectivity index (χ0) is 13.1. The normalized spacial score (nSPS) is 15.4. The van der Waals surface area contributed by atoms with Crippen molar-refractivity contribution in [1.29, 1.82) is 0 Å². The maximum atomic E-state index is 12.3. The highest BCUT2D eigenvalue weighted by molar-refractivity contribution is 5.95. The monoisotopic (exact) mass is 319 g/mol. The van der Waals surface area contributed by atoms with Crippen molar-refractivity contribution in [3.05, 3.63) is 29.8 Å². The van der Waals surface area contributed by atoms with Gasteiger partial charge in [0.25, 0.3) is 5.91 Å². The molecular weight excluding hydrogens is 297 g/mol.